The van der Waals surface area contributed by atoms with E-state index < -0.39 is 6.10 Å². The number of carbonyl (C=O) groups excluding carboxylic acids is 1. The van der Waals surface area contributed by atoms with Crippen LogP contribution >= 0.6 is 0 Å². The van der Waals surface area contributed by atoms with Crippen LogP contribution in [-0.4, -0.2) is 24.8 Å². The lowest BCUT2D eigenvalue weighted by molar-refractivity contribution is -0.166. The Bertz CT molecular complexity index is 187. The van der Waals surface area contributed by atoms with Crippen molar-refractivity contribution in [3.05, 3.63) is 0 Å². The van der Waals surface area contributed by atoms with Crippen molar-refractivity contribution < 1.29 is 14.3 Å². The predicted octanol–water partition coefficient (Wildman–Crippen LogP) is 2.92. The highest BCUT2D eigenvalue weighted by Gasteiger charge is 2.27. The van der Waals surface area contributed by atoms with Crippen LogP contribution in [0.3, 0.4) is 0 Å². The minimum absolute atomic E-state index is 0.257. The first-order valence-corrected chi connectivity index (χ1v) is 5.72. The first-order chi connectivity index (χ1) is 6.96. The van der Waals surface area contributed by atoms with Crippen molar-refractivity contribution in [1.82, 2.24) is 0 Å². The van der Waals surface area contributed by atoms with Crippen molar-refractivity contribution in [2.24, 2.45) is 0 Å². The van der Waals surface area contributed by atoms with Gasteiger partial charge in [0.1, 0.15) is 0 Å². The molecule has 0 aliphatic carbocycles. The predicted molar refractivity (Wildman–Crippen MR) is 60.8 cm³/mol. The third kappa shape index (κ3) is 5.78. The zero-order chi connectivity index (χ0) is 11.9. The van der Waals surface area contributed by atoms with Crippen molar-refractivity contribution in [1.29, 1.82) is 0 Å². The number of esters is 1. The van der Waals surface area contributed by atoms with Crippen LogP contribution in [0.4, 0.5) is 0 Å². The van der Waals surface area contributed by atoms with E-state index in [4.69, 9.17) is 9.47 Å². The van der Waals surface area contributed by atoms with Crippen LogP contribution < -0.4 is 0 Å². The molecule has 0 fully saturated rings. The summed E-state index contributed by atoms with van der Waals surface area (Å²) in [5, 5.41) is 0. The fraction of sp³-hybridized carbons (Fsp3) is 0.917. The molecule has 90 valence electrons. The lowest BCUT2D eigenvalue weighted by atomic mass is 10.1. The molecule has 0 spiro atoms. The Morgan fingerprint density at radius 1 is 1.33 bits per heavy atom. The molecule has 0 aliphatic heterocycles. The second-order valence-corrected chi connectivity index (χ2v) is 4.39. The Morgan fingerprint density at radius 3 is 2.33 bits per heavy atom. The minimum Gasteiger partial charge on any atom is -0.467 e. The molecule has 0 bridgehead atoms. The van der Waals surface area contributed by atoms with E-state index in [0.29, 0.717) is 0 Å². The first-order valence-electron chi connectivity index (χ1n) is 5.72. The Morgan fingerprint density at radius 2 is 1.93 bits per heavy atom. The number of unbranched alkanes of at least 4 members (excludes halogenated alkanes) is 1. The van der Waals surface area contributed by atoms with Gasteiger partial charge in [-0.3, -0.25) is 0 Å². The number of ether oxygens (including phenoxy) is 2. The van der Waals surface area contributed by atoms with E-state index in [1.165, 1.54) is 7.11 Å². The van der Waals surface area contributed by atoms with Gasteiger partial charge in [0.2, 0.25) is 0 Å². The quantitative estimate of drug-likeness (QED) is 0.614. The van der Waals surface area contributed by atoms with Gasteiger partial charge in [0, 0.05) is 0 Å². The van der Waals surface area contributed by atoms with E-state index >= 15 is 0 Å². The molecule has 1 atom stereocenters. The summed E-state index contributed by atoms with van der Waals surface area (Å²) in [6.07, 6.45) is 3.26. The summed E-state index contributed by atoms with van der Waals surface area (Å²) in [6, 6.07) is 0. The van der Waals surface area contributed by atoms with Crippen molar-refractivity contribution in [3.8, 4) is 0 Å². The lowest BCUT2D eigenvalue weighted by Crippen LogP contribution is -2.35. The minimum atomic E-state index is -0.412. The molecule has 0 aromatic heterocycles. The average Bonchev–Trinajstić information content (AvgIpc) is 2.23. The number of hydrogen-bond donors (Lipinski definition) is 0. The maximum Gasteiger partial charge on any atom is 0.334 e. The van der Waals surface area contributed by atoms with E-state index in [-0.39, 0.29) is 11.6 Å². The van der Waals surface area contributed by atoms with E-state index in [9.17, 15) is 4.79 Å². The highest BCUT2D eigenvalue weighted by atomic mass is 16.6. The van der Waals surface area contributed by atoms with Crippen LogP contribution in [0.2, 0.25) is 0 Å². The maximum atomic E-state index is 11.5. The van der Waals surface area contributed by atoms with E-state index in [0.717, 1.165) is 25.7 Å². The van der Waals surface area contributed by atoms with Gasteiger partial charge in [-0.15, -0.1) is 0 Å². The highest BCUT2D eigenvalue weighted by Crippen LogP contribution is 2.19. The molecule has 0 amide bonds. The third-order valence-corrected chi connectivity index (χ3v) is 2.60. The summed E-state index contributed by atoms with van der Waals surface area (Å²) in [6.45, 7) is 8.14. The molecule has 15 heavy (non-hydrogen) atoms. The van der Waals surface area contributed by atoms with Crippen LogP contribution in [0.15, 0.2) is 0 Å². The Balaban J connectivity index is 4.30. The fourth-order valence-electron chi connectivity index (χ4n) is 1.21. The normalized spacial score (nSPS) is 13.7. The number of carbonyl (C=O) groups is 1. The first kappa shape index (κ1) is 14.4. The molecular weight excluding hydrogens is 192 g/mol. The molecule has 0 saturated carbocycles. The van der Waals surface area contributed by atoms with Gasteiger partial charge in [0.25, 0.3) is 0 Å². The molecule has 0 N–H and O–H groups in total. The molecule has 0 aliphatic rings. The Hall–Kier alpha value is -0.570. The molecule has 1 unspecified atom stereocenters. The second kappa shape index (κ2) is 6.83. The SMILES string of the molecule is CCCCC(OC(C)(C)CC)C(=O)OC. The highest BCUT2D eigenvalue weighted by molar-refractivity contribution is 5.74. The van der Waals surface area contributed by atoms with Crippen LogP contribution in [-0.2, 0) is 14.3 Å². The molecule has 3 nitrogen and oxygen atoms in total. The van der Waals surface area contributed by atoms with Gasteiger partial charge in [-0.05, 0) is 26.7 Å². The van der Waals surface area contributed by atoms with Gasteiger partial charge in [0.15, 0.2) is 6.10 Å². The van der Waals surface area contributed by atoms with Crippen molar-refractivity contribution in [2.45, 2.75) is 65.1 Å². The fourth-order valence-corrected chi connectivity index (χ4v) is 1.21. The monoisotopic (exact) mass is 216 g/mol. The van der Waals surface area contributed by atoms with Crippen LogP contribution in [0, 0.1) is 0 Å². The van der Waals surface area contributed by atoms with E-state index in [2.05, 4.69) is 6.92 Å². The summed E-state index contributed by atoms with van der Waals surface area (Å²) in [4.78, 5) is 11.5. The largest absolute Gasteiger partial charge is 0.467 e. The summed E-state index contributed by atoms with van der Waals surface area (Å²) in [5.41, 5.74) is -0.257. The van der Waals surface area contributed by atoms with Crippen molar-refractivity contribution in [2.75, 3.05) is 7.11 Å². The third-order valence-electron chi connectivity index (χ3n) is 2.60. The number of hydrogen-bond acceptors (Lipinski definition) is 3. The molecule has 0 aromatic carbocycles. The van der Waals surface area contributed by atoms with E-state index in [1.54, 1.807) is 0 Å². The molecule has 0 radical (unpaired) electrons. The maximum absolute atomic E-state index is 11.5. The van der Waals surface area contributed by atoms with Gasteiger partial charge in [-0.1, -0.05) is 26.7 Å². The van der Waals surface area contributed by atoms with Gasteiger partial charge in [-0.25, -0.2) is 4.79 Å². The smallest absolute Gasteiger partial charge is 0.334 e. The zero-order valence-electron chi connectivity index (χ0n) is 10.6. The molecule has 0 heterocycles. The topological polar surface area (TPSA) is 35.5 Å². The zero-order valence-corrected chi connectivity index (χ0v) is 10.6. The molecule has 0 aromatic rings. The number of rotatable bonds is 7. The van der Waals surface area contributed by atoms with Crippen molar-refractivity contribution in [3.63, 3.8) is 0 Å². The van der Waals surface area contributed by atoms with Gasteiger partial charge in [-0.2, -0.15) is 0 Å². The summed E-state index contributed by atoms with van der Waals surface area (Å²) in [5.74, 6) is -0.259. The molecule has 0 rings (SSSR count). The van der Waals surface area contributed by atoms with Gasteiger partial charge in [0.05, 0.1) is 12.7 Å². The molecule has 3 heteroatoms. The van der Waals surface area contributed by atoms with E-state index in [1.807, 2.05) is 20.8 Å². The summed E-state index contributed by atoms with van der Waals surface area (Å²) < 4.78 is 10.5. The van der Waals surface area contributed by atoms with Gasteiger partial charge >= 0.3 is 5.97 Å². The standard InChI is InChI=1S/C12H24O3/c1-6-8-9-10(11(13)14-5)15-12(3,4)7-2/h10H,6-9H2,1-5H3. The lowest BCUT2D eigenvalue weighted by Gasteiger charge is -2.28. The molecule has 0 saturated heterocycles. The van der Waals surface area contributed by atoms with Crippen LogP contribution in [0.1, 0.15) is 53.4 Å². The average molecular weight is 216 g/mol. The van der Waals surface area contributed by atoms with Crippen molar-refractivity contribution >= 4 is 5.97 Å². The number of methoxy groups -OCH3 is 1. The van der Waals surface area contributed by atoms with Crippen LogP contribution in [0.25, 0.3) is 0 Å². The summed E-state index contributed by atoms with van der Waals surface area (Å²) in [7, 11) is 1.41. The second-order valence-electron chi connectivity index (χ2n) is 4.39. The Kier molecular flexibility index (Phi) is 6.57. The van der Waals surface area contributed by atoms with Gasteiger partial charge < -0.3 is 9.47 Å². The molecular formula is C12H24O3. The van der Waals surface area contributed by atoms with Crippen LogP contribution in [0.5, 0.6) is 0 Å². The Labute approximate surface area is 93.1 Å². The summed E-state index contributed by atoms with van der Waals surface area (Å²) >= 11 is 0.